The summed E-state index contributed by atoms with van der Waals surface area (Å²) < 4.78 is 4.25. The van der Waals surface area contributed by atoms with Crippen LogP contribution >= 0.6 is 0 Å². The molecule has 2 heterocycles. The Hall–Kier alpha value is -1.52. The normalized spacial score (nSPS) is 18.8. The number of nitrogen functional groups attached to an aromatic ring is 1. The van der Waals surface area contributed by atoms with Gasteiger partial charge in [-0.15, -0.1) is 0 Å². The Balaban J connectivity index is 2.07. The van der Waals surface area contributed by atoms with Gasteiger partial charge in [-0.05, 0) is 39.5 Å². The van der Waals surface area contributed by atoms with E-state index in [1.807, 2.05) is 11.6 Å². The zero-order valence-electron chi connectivity index (χ0n) is 12.8. The van der Waals surface area contributed by atoms with Crippen molar-refractivity contribution < 1.29 is 0 Å². The second-order valence-electron chi connectivity index (χ2n) is 6.05. The van der Waals surface area contributed by atoms with Crippen molar-refractivity contribution in [1.29, 1.82) is 0 Å². The molecule has 1 fully saturated rings. The predicted octanol–water partition coefficient (Wildman–Crippen LogP) is 3.28. The van der Waals surface area contributed by atoms with Crippen LogP contribution in [0.2, 0.25) is 0 Å². The highest BCUT2D eigenvalue weighted by Crippen LogP contribution is 2.36. The average Bonchev–Trinajstić information content (AvgIpc) is 2.96. The fourth-order valence-corrected chi connectivity index (χ4v) is 3.66. The molecule has 1 aliphatic carbocycles. The number of aryl methyl sites for hydroxylation is 2. The molecule has 3 rings (SSSR count). The minimum atomic E-state index is 0.404. The zero-order valence-corrected chi connectivity index (χ0v) is 12.8. The van der Waals surface area contributed by atoms with Crippen molar-refractivity contribution in [3.63, 3.8) is 0 Å². The molecule has 110 valence electrons. The van der Waals surface area contributed by atoms with Crippen molar-refractivity contribution in [2.45, 2.75) is 65.5 Å². The lowest BCUT2D eigenvalue weighted by molar-refractivity contribution is 0.268. The quantitative estimate of drug-likeness (QED) is 0.935. The molecular formula is C15H25N5. The van der Waals surface area contributed by atoms with Gasteiger partial charge >= 0.3 is 0 Å². The van der Waals surface area contributed by atoms with Gasteiger partial charge in [0.1, 0.15) is 5.52 Å². The number of hydrogen-bond donors (Lipinski definition) is 1. The Bertz CT molecular complexity index is 603. The number of fused-ring (bicyclic) bond motifs is 1. The van der Waals surface area contributed by atoms with E-state index in [0.717, 1.165) is 23.4 Å². The number of rotatable bonds is 3. The van der Waals surface area contributed by atoms with Crippen molar-refractivity contribution in [3.05, 3.63) is 5.69 Å². The highest BCUT2D eigenvalue weighted by molar-refractivity contribution is 5.77. The Morgan fingerprint density at radius 2 is 2.00 bits per heavy atom. The van der Waals surface area contributed by atoms with Crippen LogP contribution in [0.4, 0.5) is 5.95 Å². The summed E-state index contributed by atoms with van der Waals surface area (Å²) in [4.78, 5) is 4.55. The average molecular weight is 275 g/mol. The molecule has 2 aromatic rings. The monoisotopic (exact) mass is 275 g/mol. The number of hydrogen-bond acceptors (Lipinski definition) is 3. The highest BCUT2D eigenvalue weighted by atomic mass is 15.4. The highest BCUT2D eigenvalue weighted by Gasteiger charge is 2.26. The summed E-state index contributed by atoms with van der Waals surface area (Å²) in [6, 6.07) is 0.404. The SMILES string of the molecule is CCn1nc(C)c2nc(N)n(C(C)C3CCCCC3)c21. The number of nitrogens with two attached hydrogens (primary N) is 1. The smallest absolute Gasteiger partial charge is 0.202 e. The summed E-state index contributed by atoms with van der Waals surface area (Å²) in [6.07, 6.45) is 6.68. The van der Waals surface area contributed by atoms with Gasteiger partial charge in [0, 0.05) is 12.6 Å². The summed E-state index contributed by atoms with van der Waals surface area (Å²) in [5.41, 5.74) is 9.25. The van der Waals surface area contributed by atoms with Gasteiger partial charge < -0.3 is 5.73 Å². The molecule has 1 atom stereocenters. The molecule has 1 saturated carbocycles. The summed E-state index contributed by atoms with van der Waals surface area (Å²) in [5.74, 6) is 1.35. The van der Waals surface area contributed by atoms with E-state index in [-0.39, 0.29) is 0 Å². The van der Waals surface area contributed by atoms with Gasteiger partial charge in [0.25, 0.3) is 0 Å². The second-order valence-corrected chi connectivity index (χ2v) is 6.05. The standard InChI is InChI=1S/C15H25N5/c1-4-19-14-13(10(2)18-19)17-15(16)20(14)11(3)12-8-6-5-7-9-12/h11-12H,4-9H2,1-3H3,(H2,16,17). The van der Waals surface area contributed by atoms with E-state index in [2.05, 4.69) is 28.5 Å². The molecule has 1 unspecified atom stereocenters. The van der Waals surface area contributed by atoms with Crippen LogP contribution in [0.3, 0.4) is 0 Å². The maximum absolute atomic E-state index is 6.21. The van der Waals surface area contributed by atoms with Gasteiger partial charge in [0.15, 0.2) is 5.65 Å². The minimum Gasteiger partial charge on any atom is -0.369 e. The van der Waals surface area contributed by atoms with E-state index >= 15 is 0 Å². The van der Waals surface area contributed by atoms with Crippen LogP contribution < -0.4 is 5.73 Å². The third kappa shape index (κ3) is 2.00. The molecule has 5 nitrogen and oxygen atoms in total. The Morgan fingerprint density at radius 3 is 2.65 bits per heavy atom. The maximum Gasteiger partial charge on any atom is 0.202 e. The molecule has 2 aromatic heterocycles. The van der Waals surface area contributed by atoms with E-state index in [1.165, 1.54) is 32.1 Å². The van der Waals surface area contributed by atoms with Crippen molar-refractivity contribution in [2.75, 3.05) is 5.73 Å². The molecule has 20 heavy (non-hydrogen) atoms. The van der Waals surface area contributed by atoms with Gasteiger partial charge in [0.05, 0.1) is 5.69 Å². The second kappa shape index (κ2) is 5.11. The third-order valence-corrected chi connectivity index (χ3v) is 4.81. The predicted molar refractivity (Wildman–Crippen MR) is 81.6 cm³/mol. The molecule has 0 spiro atoms. The Morgan fingerprint density at radius 1 is 1.30 bits per heavy atom. The van der Waals surface area contributed by atoms with Crippen molar-refractivity contribution in [1.82, 2.24) is 19.3 Å². The van der Waals surface area contributed by atoms with E-state index in [1.54, 1.807) is 0 Å². The fourth-order valence-electron chi connectivity index (χ4n) is 3.66. The molecule has 0 amide bonds. The van der Waals surface area contributed by atoms with Crippen LogP contribution in [0.5, 0.6) is 0 Å². The van der Waals surface area contributed by atoms with Gasteiger partial charge in [-0.2, -0.15) is 5.10 Å². The van der Waals surface area contributed by atoms with E-state index in [4.69, 9.17) is 5.73 Å². The molecule has 1 aliphatic rings. The van der Waals surface area contributed by atoms with Crippen LogP contribution in [0.15, 0.2) is 0 Å². The number of aromatic nitrogens is 4. The van der Waals surface area contributed by atoms with E-state index in [0.29, 0.717) is 17.9 Å². The molecule has 5 heteroatoms. The van der Waals surface area contributed by atoms with Crippen LogP contribution in [0.25, 0.3) is 11.2 Å². The minimum absolute atomic E-state index is 0.404. The summed E-state index contributed by atoms with van der Waals surface area (Å²) in [7, 11) is 0. The van der Waals surface area contributed by atoms with E-state index < -0.39 is 0 Å². The number of nitrogens with zero attached hydrogens (tertiary/aromatic N) is 4. The van der Waals surface area contributed by atoms with Crippen LogP contribution in [0.1, 0.15) is 57.7 Å². The Labute approximate surface area is 120 Å². The summed E-state index contributed by atoms with van der Waals surface area (Å²) >= 11 is 0. The van der Waals surface area contributed by atoms with Crippen LogP contribution in [-0.4, -0.2) is 19.3 Å². The van der Waals surface area contributed by atoms with Gasteiger partial charge in [0.2, 0.25) is 5.95 Å². The fraction of sp³-hybridized carbons (Fsp3) is 0.733. The first-order valence-corrected chi connectivity index (χ1v) is 7.84. The van der Waals surface area contributed by atoms with Crippen LogP contribution in [0, 0.1) is 12.8 Å². The molecular weight excluding hydrogens is 250 g/mol. The first-order valence-electron chi connectivity index (χ1n) is 7.84. The van der Waals surface area contributed by atoms with Crippen LogP contribution in [-0.2, 0) is 6.54 Å². The lowest BCUT2D eigenvalue weighted by Gasteiger charge is -2.29. The molecule has 0 aliphatic heterocycles. The van der Waals surface area contributed by atoms with Gasteiger partial charge in [-0.1, -0.05) is 19.3 Å². The number of imidazole rings is 1. The van der Waals surface area contributed by atoms with Crippen molar-refractivity contribution in [3.8, 4) is 0 Å². The lowest BCUT2D eigenvalue weighted by atomic mass is 9.84. The maximum atomic E-state index is 6.21. The molecule has 0 saturated heterocycles. The molecule has 0 radical (unpaired) electrons. The summed E-state index contributed by atoms with van der Waals surface area (Å²) in [6.45, 7) is 7.27. The van der Waals surface area contributed by atoms with E-state index in [9.17, 15) is 0 Å². The summed E-state index contributed by atoms with van der Waals surface area (Å²) in [5, 5.41) is 4.58. The number of anilines is 1. The Kier molecular flexibility index (Phi) is 3.44. The third-order valence-electron chi connectivity index (χ3n) is 4.81. The van der Waals surface area contributed by atoms with Crippen molar-refractivity contribution in [2.24, 2.45) is 5.92 Å². The lowest BCUT2D eigenvalue weighted by Crippen LogP contribution is -2.21. The molecule has 2 N–H and O–H groups in total. The zero-order chi connectivity index (χ0) is 14.3. The topological polar surface area (TPSA) is 61.7 Å². The first kappa shape index (κ1) is 13.5. The van der Waals surface area contributed by atoms with Gasteiger partial charge in [-0.25, -0.2) is 9.67 Å². The largest absolute Gasteiger partial charge is 0.369 e. The molecule has 0 aromatic carbocycles. The van der Waals surface area contributed by atoms with Gasteiger partial charge in [-0.3, -0.25) is 4.57 Å². The van der Waals surface area contributed by atoms with Crippen molar-refractivity contribution >= 4 is 17.1 Å². The molecule has 0 bridgehead atoms. The first-order chi connectivity index (χ1) is 9.63.